The topological polar surface area (TPSA) is 42.4 Å². The van der Waals surface area contributed by atoms with Crippen molar-refractivity contribution in [2.45, 2.75) is 19.6 Å². The van der Waals surface area contributed by atoms with Crippen LogP contribution in [0.4, 0.5) is 8.78 Å². The molecule has 0 saturated heterocycles. The molecular weight excluding hydrogens is 362 g/mol. The van der Waals surface area contributed by atoms with Crippen LogP contribution in [0.3, 0.4) is 0 Å². The molecule has 0 bridgehead atoms. The standard InChI is InChI=1S/C22H18F2N2O2/c23-18-3-1-16(2-4-18)22(27)26-10-9-21-17(13-26)11-15(12-25-21)14-28-20-7-5-19(24)6-8-20/h1-8,11-12H,9-10,13-14H2. The van der Waals surface area contributed by atoms with Gasteiger partial charge in [-0.05, 0) is 60.2 Å². The first-order valence-electron chi connectivity index (χ1n) is 8.98. The van der Waals surface area contributed by atoms with Gasteiger partial charge in [0.1, 0.15) is 24.0 Å². The van der Waals surface area contributed by atoms with Gasteiger partial charge in [0, 0.05) is 42.5 Å². The lowest BCUT2D eigenvalue weighted by Gasteiger charge is -2.28. The van der Waals surface area contributed by atoms with E-state index in [0.717, 1.165) is 16.8 Å². The second kappa shape index (κ2) is 7.76. The molecule has 2 heterocycles. The van der Waals surface area contributed by atoms with E-state index in [4.69, 9.17) is 4.74 Å². The lowest BCUT2D eigenvalue weighted by Crippen LogP contribution is -2.36. The fourth-order valence-corrected chi connectivity index (χ4v) is 3.20. The minimum absolute atomic E-state index is 0.126. The van der Waals surface area contributed by atoms with Crippen LogP contribution in [0.5, 0.6) is 5.75 Å². The number of hydrogen-bond acceptors (Lipinski definition) is 3. The van der Waals surface area contributed by atoms with Crippen LogP contribution in [-0.2, 0) is 19.6 Å². The van der Waals surface area contributed by atoms with Gasteiger partial charge in [0.15, 0.2) is 0 Å². The molecule has 0 N–H and O–H groups in total. The summed E-state index contributed by atoms with van der Waals surface area (Å²) in [6.45, 7) is 1.32. The monoisotopic (exact) mass is 380 g/mol. The van der Waals surface area contributed by atoms with Crippen molar-refractivity contribution in [3.63, 3.8) is 0 Å². The number of halogens is 2. The Balaban J connectivity index is 1.45. The first-order chi connectivity index (χ1) is 13.6. The minimum Gasteiger partial charge on any atom is -0.489 e. The molecule has 0 spiro atoms. The molecule has 0 radical (unpaired) electrons. The third-order valence-electron chi connectivity index (χ3n) is 4.69. The number of nitrogens with zero attached hydrogens (tertiary/aromatic N) is 2. The molecule has 1 aliphatic rings. The van der Waals surface area contributed by atoms with Gasteiger partial charge in [-0.2, -0.15) is 0 Å². The summed E-state index contributed by atoms with van der Waals surface area (Å²) in [6, 6.07) is 13.4. The molecule has 1 aromatic heterocycles. The van der Waals surface area contributed by atoms with Crippen LogP contribution < -0.4 is 4.74 Å². The summed E-state index contributed by atoms with van der Waals surface area (Å²) in [5, 5.41) is 0. The summed E-state index contributed by atoms with van der Waals surface area (Å²) in [5.74, 6) is -0.227. The molecule has 1 amide bonds. The van der Waals surface area contributed by atoms with Crippen LogP contribution in [0.1, 0.15) is 27.2 Å². The minimum atomic E-state index is -0.365. The summed E-state index contributed by atoms with van der Waals surface area (Å²) in [6.07, 6.45) is 2.43. The summed E-state index contributed by atoms with van der Waals surface area (Å²) < 4.78 is 31.7. The number of carbonyl (C=O) groups is 1. The van der Waals surface area contributed by atoms with E-state index in [0.29, 0.717) is 37.4 Å². The maximum atomic E-state index is 13.1. The molecule has 6 heteroatoms. The summed E-state index contributed by atoms with van der Waals surface area (Å²) in [7, 11) is 0. The lowest BCUT2D eigenvalue weighted by atomic mass is 10.0. The van der Waals surface area contributed by atoms with Crippen molar-refractivity contribution >= 4 is 5.91 Å². The van der Waals surface area contributed by atoms with Gasteiger partial charge in [-0.1, -0.05) is 0 Å². The number of carbonyl (C=O) groups excluding carboxylic acids is 1. The number of benzene rings is 2. The van der Waals surface area contributed by atoms with Crippen LogP contribution in [0.2, 0.25) is 0 Å². The van der Waals surface area contributed by atoms with Crippen molar-refractivity contribution < 1.29 is 18.3 Å². The van der Waals surface area contributed by atoms with Crippen molar-refractivity contribution in [3.05, 3.63) is 94.8 Å². The predicted octanol–water partition coefficient (Wildman–Crippen LogP) is 4.14. The van der Waals surface area contributed by atoms with Gasteiger partial charge < -0.3 is 9.64 Å². The van der Waals surface area contributed by atoms with E-state index in [1.807, 2.05) is 6.07 Å². The second-order valence-electron chi connectivity index (χ2n) is 6.68. The Morgan fingerprint density at radius 1 is 1.04 bits per heavy atom. The molecule has 0 atom stereocenters. The smallest absolute Gasteiger partial charge is 0.254 e. The third kappa shape index (κ3) is 4.01. The number of fused-ring (bicyclic) bond motifs is 1. The maximum Gasteiger partial charge on any atom is 0.254 e. The van der Waals surface area contributed by atoms with Crippen molar-refractivity contribution in [3.8, 4) is 5.75 Å². The molecule has 0 unspecified atom stereocenters. The zero-order valence-electron chi connectivity index (χ0n) is 15.1. The highest BCUT2D eigenvalue weighted by atomic mass is 19.1. The van der Waals surface area contributed by atoms with Gasteiger partial charge >= 0.3 is 0 Å². The molecular formula is C22H18F2N2O2. The first-order valence-corrected chi connectivity index (χ1v) is 8.98. The Bertz CT molecular complexity index is 988. The summed E-state index contributed by atoms with van der Waals surface area (Å²) in [5.41, 5.74) is 3.28. The van der Waals surface area contributed by atoms with E-state index in [-0.39, 0.29) is 17.5 Å². The molecule has 0 saturated carbocycles. The molecule has 4 rings (SSSR count). The first kappa shape index (κ1) is 18.1. The Hall–Kier alpha value is -3.28. The molecule has 142 valence electrons. The fourth-order valence-electron chi connectivity index (χ4n) is 3.20. The molecule has 2 aromatic carbocycles. The molecule has 0 aliphatic carbocycles. The van der Waals surface area contributed by atoms with Gasteiger partial charge in [0.05, 0.1) is 0 Å². The van der Waals surface area contributed by atoms with Crippen LogP contribution in [0.25, 0.3) is 0 Å². The number of rotatable bonds is 4. The molecule has 3 aromatic rings. The van der Waals surface area contributed by atoms with Crippen LogP contribution in [-0.4, -0.2) is 22.3 Å². The van der Waals surface area contributed by atoms with Gasteiger partial charge in [0.2, 0.25) is 0 Å². The number of pyridine rings is 1. The van der Waals surface area contributed by atoms with Crippen molar-refractivity contribution in [2.24, 2.45) is 0 Å². The predicted molar refractivity (Wildman–Crippen MR) is 99.8 cm³/mol. The highest BCUT2D eigenvalue weighted by molar-refractivity contribution is 5.94. The van der Waals surface area contributed by atoms with Gasteiger partial charge in [-0.25, -0.2) is 8.78 Å². The highest BCUT2D eigenvalue weighted by Crippen LogP contribution is 2.21. The van der Waals surface area contributed by atoms with E-state index >= 15 is 0 Å². The van der Waals surface area contributed by atoms with Gasteiger partial charge in [-0.15, -0.1) is 0 Å². The van der Waals surface area contributed by atoms with Gasteiger partial charge in [0.25, 0.3) is 5.91 Å². The largest absolute Gasteiger partial charge is 0.489 e. The number of hydrogen-bond donors (Lipinski definition) is 0. The van der Waals surface area contributed by atoms with Crippen LogP contribution >= 0.6 is 0 Å². The normalized spacial score (nSPS) is 13.1. The van der Waals surface area contributed by atoms with Crippen LogP contribution in [0.15, 0.2) is 60.8 Å². The number of amides is 1. The van der Waals surface area contributed by atoms with Crippen LogP contribution in [0, 0.1) is 11.6 Å². The summed E-state index contributed by atoms with van der Waals surface area (Å²) >= 11 is 0. The third-order valence-corrected chi connectivity index (χ3v) is 4.69. The molecule has 1 aliphatic heterocycles. The Labute approximate surface area is 161 Å². The van der Waals surface area contributed by atoms with Crippen molar-refractivity contribution in [1.82, 2.24) is 9.88 Å². The number of ether oxygens (including phenoxy) is 1. The SMILES string of the molecule is O=C(c1ccc(F)cc1)N1CCc2ncc(COc3ccc(F)cc3)cc2C1. The Morgan fingerprint density at radius 3 is 2.43 bits per heavy atom. The Kier molecular flexibility index (Phi) is 5.02. The lowest BCUT2D eigenvalue weighted by molar-refractivity contribution is 0.0733. The molecule has 28 heavy (non-hydrogen) atoms. The zero-order chi connectivity index (χ0) is 19.5. The van der Waals surface area contributed by atoms with E-state index in [2.05, 4.69) is 4.98 Å². The van der Waals surface area contributed by atoms with Crippen molar-refractivity contribution in [1.29, 1.82) is 0 Å². The molecule has 0 fully saturated rings. The van der Waals surface area contributed by atoms with Crippen molar-refractivity contribution in [2.75, 3.05) is 6.54 Å². The molecule has 4 nitrogen and oxygen atoms in total. The fraction of sp³-hybridized carbons (Fsp3) is 0.182. The summed E-state index contributed by atoms with van der Waals surface area (Å²) in [4.78, 5) is 18.9. The van der Waals surface area contributed by atoms with E-state index in [9.17, 15) is 13.6 Å². The maximum absolute atomic E-state index is 13.1. The van der Waals surface area contributed by atoms with E-state index < -0.39 is 0 Å². The average Bonchev–Trinajstić information content (AvgIpc) is 2.73. The highest BCUT2D eigenvalue weighted by Gasteiger charge is 2.23. The van der Waals surface area contributed by atoms with E-state index in [1.165, 1.54) is 36.4 Å². The van der Waals surface area contributed by atoms with Gasteiger partial charge in [-0.3, -0.25) is 9.78 Å². The quantitative estimate of drug-likeness (QED) is 0.683. The van der Waals surface area contributed by atoms with E-state index in [1.54, 1.807) is 23.2 Å². The zero-order valence-corrected chi connectivity index (χ0v) is 15.1. The average molecular weight is 380 g/mol. The Morgan fingerprint density at radius 2 is 1.71 bits per heavy atom. The number of aromatic nitrogens is 1. The second-order valence-corrected chi connectivity index (χ2v) is 6.68.